The molecule has 0 spiro atoms. The van der Waals surface area contributed by atoms with Crippen LogP contribution in [0.25, 0.3) is 0 Å². The smallest absolute Gasteiger partial charge is 0.0175 e. The lowest BCUT2D eigenvalue weighted by Gasteiger charge is -1.88. The first-order chi connectivity index (χ1) is 5.52. The van der Waals surface area contributed by atoms with Crippen LogP contribution in [-0.4, -0.2) is 8.76 Å². The van der Waals surface area contributed by atoms with E-state index in [9.17, 15) is 0 Å². The first kappa shape index (κ1) is 11.8. The fourth-order valence-corrected chi connectivity index (χ4v) is 0.798. The molecule has 0 aliphatic carbocycles. The third kappa shape index (κ3) is 7.87. The first-order valence-corrected chi connectivity index (χ1v) is 5.01. The van der Waals surface area contributed by atoms with Crippen LogP contribution in [0.5, 0.6) is 0 Å². The largest absolute Gasteiger partial charge is 0.760 e. The molecule has 1 aromatic rings. The summed E-state index contributed by atoms with van der Waals surface area (Å²) in [5.41, 5.74) is 1.30. The minimum Gasteiger partial charge on any atom is -0.760 e. The minimum absolute atomic E-state index is 1.14. The highest BCUT2D eigenvalue weighted by Crippen LogP contribution is 2.08. The topological polar surface area (TPSA) is 66.2 Å². The average molecular weight is 251 g/mol. The molecule has 1 rings (SSSR count). The molecule has 0 heterocycles. The maximum atomic E-state index is 8.78. The molecule has 0 saturated carbocycles. The van der Waals surface area contributed by atoms with E-state index in [0.717, 1.165) is 4.47 Å². The third-order valence-corrected chi connectivity index (χ3v) is 1.54. The van der Waals surface area contributed by atoms with Crippen LogP contribution in [0.3, 0.4) is 0 Å². The molecule has 0 saturated heterocycles. The van der Waals surface area contributed by atoms with E-state index in [1.165, 1.54) is 5.56 Å². The van der Waals surface area contributed by atoms with Gasteiger partial charge in [0.25, 0.3) is 0 Å². The second-order valence-corrected chi connectivity index (χ2v) is 3.49. The number of halogens is 1. The van der Waals surface area contributed by atoms with Crippen molar-refractivity contribution in [2.24, 2.45) is 5.14 Å². The highest BCUT2D eigenvalue weighted by atomic mass is 79.9. The molecule has 0 amide bonds. The summed E-state index contributed by atoms with van der Waals surface area (Å²) in [6.07, 6.45) is 0. The van der Waals surface area contributed by atoms with Crippen molar-refractivity contribution < 1.29 is 8.76 Å². The molecule has 0 radical (unpaired) electrons. The number of rotatable bonds is 0. The fourth-order valence-electron chi connectivity index (χ4n) is 0.533. The average Bonchev–Trinajstić information content (AvgIpc) is 1.94. The Morgan fingerprint density at radius 2 is 1.75 bits per heavy atom. The van der Waals surface area contributed by atoms with Gasteiger partial charge in [0, 0.05) is 15.7 Å². The van der Waals surface area contributed by atoms with Crippen molar-refractivity contribution in [3.05, 3.63) is 34.3 Å². The zero-order chi connectivity index (χ0) is 9.56. The summed E-state index contributed by atoms with van der Waals surface area (Å²) >= 11 is 0.984. The van der Waals surface area contributed by atoms with Crippen LogP contribution in [-0.2, 0) is 11.3 Å². The molecule has 1 aromatic carbocycles. The first-order valence-electron chi connectivity index (χ1n) is 3.08. The van der Waals surface area contributed by atoms with Crippen molar-refractivity contribution >= 4 is 27.2 Å². The van der Waals surface area contributed by atoms with Crippen LogP contribution in [0.1, 0.15) is 5.56 Å². The van der Waals surface area contributed by atoms with E-state index in [-0.39, 0.29) is 0 Å². The molecule has 12 heavy (non-hydrogen) atoms. The van der Waals surface area contributed by atoms with E-state index in [0.29, 0.717) is 0 Å². The van der Waals surface area contributed by atoms with Gasteiger partial charge in [0.05, 0.1) is 0 Å². The molecule has 5 heteroatoms. The molecule has 1 unspecified atom stereocenters. The van der Waals surface area contributed by atoms with Gasteiger partial charge in [0.1, 0.15) is 0 Å². The van der Waals surface area contributed by atoms with Crippen molar-refractivity contribution in [2.45, 2.75) is 6.92 Å². The summed E-state index contributed by atoms with van der Waals surface area (Å²) in [5.74, 6) is 0. The van der Waals surface area contributed by atoms with E-state index in [4.69, 9.17) is 8.76 Å². The van der Waals surface area contributed by atoms with Gasteiger partial charge in [-0.05, 0) is 19.1 Å². The summed E-state index contributed by atoms with van der Waals surface area (Å²) in [7, 11) is 0. The fraction of sp³-hybridized carbons (Fsp3) is 0.143. The maximum Gasteiger partial charge on any atom is 0.0175 e. The van der Waals surface area contributed by atoms with Crippen molar-refractivity contribution in [1.82, 2.24) is 0 Å². The molecule has 0 fully saturated rings. The highest BCUT2D eigenvalue weighted by molar-refractivity contribution is 9.10. The van der Waals surface area contributed by atoms with Crippen LogP contribution in [0, 0.1) is 6.92 Å². The second kappa shape index (κ2) is 6.30. The highest BCUT2D eigenvalue weighted by Gasteiger charge is 1.81. The van der Waals surface area contributed by atoms with Crippen LogP contribution >= 0.6 is 15.9 Å². The number of hydrogen-bond donors (Lipinski definition) is 1. The number of nitrogens with two attached hydrogens (primary N) is 1. The Kier molecular flexibility index (Phi) is 6.18. The predicted octanol–water partition coefficient (Wildman–Crippen LogP) is 1.50. The lowest BCUT2D eigenvalue weighted by atomic mass is 10.2. The molecule has 3 nitrogen and oxygen atoms in total. The van der Waals surface area contributed by atoms with Gasteiger partial charge in [0.15, 0.2) is 0 Å². The van der Waals surface area contributed by atoms with E-state index in [2.05, 4.69) is 40.1 Å². The Labute approximate surface area is 82.5 Å². The standard InChI is InChI=1S/C7H7Br.H3NO2S/c1-6-2-4-7(8)5-3-6;1-4(2)3/h2-5H,1H3;1H2,(H,2,3)/p-1. The van der Waals surface area contributed by atoms with Crippen LogP contribution in [0.2, 0.25) is 0 Å². The zero-order valence-corrected chi connectivity index (χ0v) is 8.89. The van der Waals surface area contributed by atoms with Gasteiger partial charge in [-0.25, -0.2) is 0 Å². The molecule has 0 aliphatic rings. The van der Waals surface area contributed by atoms with Crippen molar-refractivity contribution in [1.29, 1.82) is 0 Å². The molecule has 0 aliphatic heterocycles. The van der Waals surface area contributed by atoms with Gasteiger partial charge < -0.3 is 4.55 Å². The molecular formula is C7H9BrNO2S-. The van der Waals surface area contributed by atoms with Crippen molar-refractivity contribution in [3.63, 3.8) is 0 Å². The van der Waals surface area contributed by atoms with E-state index >= 15 is 0 Å². The third-order valence-electron chi connectivity index (χ3n) is 1.01. The molecule has 1 atom stereocenters. The Bertz CT molecular complexity index is 225. The molecule has 0 bridgehead atoms. The monoisotopic (exact) mass is 250 g/mol. The Morgan fingerprint density at radius 1 is 1.42 bits per heavy atom. The van der Waals surface area contributed by atoms with E-state index < -0.39 is 11.3 Å². The van der Waals surface area contributed by atoms with Gasteiger partial charge in [-0.1, -0.05) is 33.6 Å². The quantitative estimate of drug-likeness (QED) is 0.710. The molecule has 68 valence electrons. The summed E-state index contributed by atoms with van der Waals surface area (Å²) in [6, 6.07) is 8.22. The summed E-state index contributed by atoms with van der Waals surface area (Å²) in [6.45, 7) is 2.08. The Morgan fingerprint density at radius 3 is 2.00 bits per heavy atom. The van der Waals surface area contributed by atoms with Crippen LogP contribution in [0.4, 0.5) is 0 Å². The van der Waals surface area contributed by atoms with Crippen LogP contribution in [0.15, 0.2) is 28.7 Å². The van der Waals surface area contributed by atoms with Gasteiger partial charge >= 0.3 is 0 Å². The predicted molar refractivity (Wildman–Crippen MR) is 52.0 cm³/mol. The van der Waals surface area contributed by atoms with Gasteiger partial charge in [-0.3, -0.25) is 9.35 Å². The second-order valence-electron chi connectivity index (χ2n) is 2.06. The summed E-state index contributed by atoms with van der Waals surface area (Å²) in [4.78, 5) is 0. The molecule has 2 N–H and O–H groups in total. The van der Waals surface area contributed by atoms with Gasteiger partial charge in [0.2, 0.25) is 0 Å². The number of benzene rings is 1. The normalized spacial score (nSPS) is 11.3. The number of hydrogen-bond acceptors (Lipinski definition) is 2. The van der Waals surface area contributed by atoms with Gasteiger partial charge in [-0.15, -0.1) is 0 Å². The lowest BCUT2D eigenvalue weighted by molar-refractivity contribution is 0.539. The SMILES string of the molecule is Cc1ccc(Br)cc1.NS(=O)[O-]. The molecule has 0 aromatic heterocycles. The Hall–Kier alpha value is -0.230. The minimum atomic E-state index is -2.36. The lowest BCUT2D eigenvalue weighted by Crippen LogP contribution is -1.97. The van der Waals surface area contributed by atoms with E-state index in [1.54, 1.807) is 0 Å². The molecular weight excluding hydrogens is 242 g/mol. The van der Waals surface area contributed by atoms with Gasteiger partial charge in [-0.2, -0.15) is 0 Å². The van der Waals surface area contributed by atoms with Crippen molar-refractivity contribution in [2.75, 3.05) is 0 Å². The Balaban J connectivity index is 0.000000261. The number of aryl methyl sites for hydroxylation is 1. The zero-order valence-electron chi connectivity index (χ0n) is 6.49. The summed E-state index contributed by atoms with van der Waals surface area (Å²) < 4.78 is 18.7. The maximum absolute atomic E-state index is 8.78. The van der Waals surface area contributed by atoms with E-state index in [1.807, 2.05) is 12.1 Å². The van der Waals surface area contributed by atoms with Crippen molar-refractivity contribution in [3.8, 4) is 0 Å². The van der Waals surface area contributed by atoms with Crippen LogP contribution < -0.4 is 5.14 Å². The summed E-state index contributed by atoms with van der Waals surface area (Å²) in [5, 5.41) is 4.03.